The van der Waals surface area contributed by atoms with Gasteiger partial charge in [-0.3, -0.25) is 9.78 Å². The van der Waals surface area contributed by atoms with E-state index in [4.69, 9.17) is 11.6 Å². The number of halogens is 1. The fourth-order valence-electron chi connectivity index (χ4n) is 3.53. The minimum Gasteiger partial charge on any atom is -0.384 e. The van der Waals surface area contributed by atoms with E-state index in [9.17, 15) is 13.2 Å². The number of nitrogens with one attached hydrogen (secondary N) is 2. The third-order valence-corrected chi connectivity index (χ3v) is 7.27. The molecule has 1 amide bonds. The van der Waals surface area contributed by atoms with Crippen LogP contribution in [0.15, 0.2) is 30.5 Å². The van der Waals surface area contributed by atoms with Gasteiger partial charge in [0.2, 0.25) is 15.9 Å². The molecule has 29 heavy (non-hydrogen) atoms. The number of amides is 1. The summed E-state index contributed by atoms with van der Waals surface area (Å²) >= 11 is 6.02. The molecule has 1 fully saturated rings. The van der Waals surface area contributed by atoms with Crippen molar-refractivity contribution in [3.63, 3.8) is 0 Å². The van der Waals surface area contributed by atoms with E-state index in [1.54, 1.807) is 13.1 Å². The van der Waals surface area contributed by atoms with Crippen molar-refractivity contribution in [3.05, 3.63) is 35.5 Å². The van der Waals surface area contributed by atoms with Crippen LogP contribution in [0.25, 0.3) is 10.9 Å². The fraction of sp³-hybridized carbons (Fsp3) is 0.500. The number of aromatic nitrogens is 1. The topological polar surface area (TPSA) is 91.4 Å². The van der Waals surface area contributed by atoms with Crippen LogP contribution in [0.3, 0.4) is 0 Å². The Labute approximate surface area is 176 Å². The monoisotopic (exact) mass is 438 g/mol. The van der Waals surface area contributed by atoms with Gasteiger partial charge in [-0.2, -0.15) is 0 Å². The van der Waals surface area contributed by atoms with E-state index in [2.05, 4.69) is 15.6 Å². The lowest BCUT2D eigenvalue weighted by atomic mass is 9.99. The number of rotatable bonds is 8. The number of sulfonamides is 1. The van der Waals surface area contributed by atoms with Crippen molar-refractivity contribution in [2.75, 3.05) is 37.2 Å². The number of hydrogen-bond donors (Lipinski definition) is 2. The number of carbonyl (C=O) groups excluding carboxylic acids is 1. The van der Waals surface area contributed by atoms with Crippen LogP contribution in [0, 0.1) is 5.92 Å². The predicted octanol–water partition coefficient (Wildman–Crippen LogP) is 2.87. The quantitative estimate of drug-likeness (QED) is 0.618. The summed E-state index contributed by atoms with van der Waals surface area (Å²) in [6.45, 7) is 3.66. The van der Waals surface area contributed by atoms with Gasteiger partial charge in [0, 0.05) is 48.5 Å². The molecular weight excluding hydrogens is 412 g/mol. The first-order chi connectivity index (χ1) is 13.9. The molecule has 1 aromatic carbocycles. The molecule has 2 aromatic rings. The van der Waals surface area contributed by atoms with Gasteiger partial charge in [0.1, 0.15) is 0 Å². The molecule has 2 N–H and O–H groups in total. The second kappa shape index (κ2) is 9.73. The van der Waals surface area contributed by atoms with Crippen LogP contribution in [0.5, 0.6) is 0 Å². The average molecular weight is 439 g/mol. The van der Waals surface area contributed by atoms with Gasteiger partial charge in [-0.05, 0) is 50.5 Å². The number of fused-ring (bicyclic) bond motifs is 1. The van der Waals surface area contributed by atoms with Crippen LogP contribution >= 0.6 is 11.6 Å². The van der Waals surface area contributed by atoms with E-state index < -0.39 is 10.0 Å². The number of pyridine rings is 1. The molecule has 0 unspecified atom stereocenters. The first-order valence-corrected chi connectivity index (χ1v) is 11.9. The number of hydrogen-bond acceptors (Lipinski definition) is 5. The molecular formula is C20H27ClN4O3S. The Kier molecular flexibility index (Phi) is 7.32. The van der Waals surface area contributed by atoms with Crippen molar-refractivity contribution < 1.29 is 13.2 Å². The molecule has 9 heteroatoms. The molecule has 1 saturated heterocycles. The lowest BCUT2D eigenvalue weighted by molar-refractivity contribution is -0.126. The lowest BCUT2D eigenvalue weighted by Gasteiger charge is -2.30. The summed E-state index contributed by atoms with van der Waals surface area (Å²) in [7, 11) is -3.24. The predicted molar refractivity (Wildman–Crippen MR) is 117 cm³/mol. The van der Waals surface area contributed by atoms with Gasteiger partial charge in [0.15, 0.2) is 0 Å². The van der Waals surface area contributed by atoms with E-state index in [0.717, 1.165) is 35.9 Å². The second-order valence-corrected chi connectivity index (χ2v) is 9.88. The van der Waals surface area contributed by atoms with Gasteiger partial charge < -0.3 is 10.6 Å². The minimum absolute atomic E-state index is 0.0648. The molecule has 0 bridgehead atoms. The summed E-state index contributed by atoms with van der Waals surface area (Å²) in [5.74, 6) is -0.264. The normalized spacial score (nSPS) is 17.9. The fourth-order valence-corrected chi connectivity index (χ4v) is 4.88. The number of benzene rings is 1. The Bertz CT molecular complexity index is 967. The van der Waals surface area contributed by atoms with Crippen LogP contribution in [-0.4, -0.2) is 55.5 Å². The largest absolute Gasteiger partial charge is 0.384 e. The van der Waals surface area contributed by atoms with Crippen molar-refractivity contribution in [1.29, 1.82) is 0 Å². The Balaban J connectivity index is 1.44. The maximum Gasteiger partial charge on any atom is 0.224 e. The second-order valence-electron chi connectivity index (χ2n) is 7.19. The molecule has 0 radical (unpaired) electrons. The first kappa shape index (κ1) is 21.8. The minimum atomic E-state index is -3.24. The highest BCUT2D eigenvalue weighted by Crippen LogP contribution is 2.24. The van der Waals surface area contributed by atoms with E-state index >= 15 is 0 Å². The summed E-state index contributed by atoms with van der Waals surface area (Å²) in [5, 5.41) is 7.97. The summed E-state index contributed by atoms with van der Waals surface area (Å²) in [5.41, 5.74) is 1.81. The Morgan fingerprint density at radius 1 is 1.31 bits per heavy atom. The van der Waals surface area contributed by atoms with Crippen molar-refractivity contribution in [2.24, 2.45) is 5.92 Å². The molecule has 0 spiro atoms. The molecule has 0 aliphatic carbocycles. The van der Waals surface area contributed by atoms with Crippen LogP contribution in [0.2, 0.25) is 5.02 Å². The Hall–Kier alpha value is -1.90. The summed E-state index contributed by atoms with van der Waals surface area (Å²) < 4.78 is 25.5. The van der Waals surface area contributed by atoms with Crippen LogP contribution in [0.4, 0.5) is 5.69 Å². The standard InChI is InChI=1S/C20H27ClN4O3S/c1-2-29(27,28)25-12-3-5-15(14-25)20(26)24-10-4-9-22-18-8-11-23-19-13-16(21)6-7-17(18)19/h6-8,11,13,15H,2-5,9-10,12,14H2,1H3,(H,22,23)(H,24,26)/t15-/m1/s1. The number of nitrogens with zero attached hydrogens (tertiary/aromatic N) is 2. The zero-order valence-electron chi connectivity index (χ0n) is 16.5. The first-order valence-electron chi connectivity index (χ1n) is 9.94. The Morgan fingerprint density at radius 2 is 2.14 bits per heavy atom. The highest BCUT2D eigenvalue weighted by atomic mass is 35.5. The number of anilines is 1. The summed E-state index contributed by atoms with van der Waals surface area (Å²) in [4.78, 5) is 16.7. The lowest BCUT2D eigenvalue weighted by Crippen LogP contribution is -2.46. The van der Waals surface area contributed by atoms with Crippen LogP contribution < -0.4 is 10.6 Å². The number of carbonyl (C=O) groups is 1. The van der Waals surface area contributed by atoms with Crippen molar-refractivity contribution >= 4 is 44.1 Å². The van der Waals surface area contributed by atoms with Gasteiger partial charge in [0.25, 0.3) is 0 Å². The molecule has 1 aliphatic heterocycles. The third-order valence-electron chi connectivity index (χ3n) is 5.19. The highest BCUT2D eigenvalue weighted by molar-refractivity contribution is 7.89. The molecule has 1 atom stereocenters. The van der Waals surface area contributed by atoms with Gasteiger partial charge in [-0.15, -0.1) is 0 Å². The molecule has 2 heterocycles. The van der Waals surface area contributed by atoms with Crippen LogP contribution in [-0.2, 0) is 14.8 Å². The van der Waals surface area contributed by atoms with Gasteiger partial charge in [0.05, 0.1) is 17.2 Å². The van der Waals surface area contributed by atoms with Crippen molar-refractivity contribution in [1.82, 2.24) is 14.6 Å². The smallest absolute Gasteiger partial charge is 0.224 e. The average Bonchev–Trinajstić information content (AvgIpc) is 2.73. The third kappa shape index (κ3) is 5.58. The zero-order valence-corrected chi connectivity index (χ0v) is 18.1. The number of piperidine rings is 1. The van der Waals surface area contributed by atoms with E-state index in [-0.39, 0.29) is 24.1 Å². The molecule has 0 saturated carbocycles. The van der Waals surface area contributed by atoms with Gasteiger partial charge >= 0.3 is 0 Å². The molecule has 7 nitrogen and oxygen atoms in total. The maximum absolute atomic E-state index is 12.4. The summed E-state index contributed by atoms with van der Waals surface area (Å²) in [6, 6.07) is 7.52. The van der Waals surface area contributed by atoms with E-state index in [1.807, 2.05) is 24.3 Å². The maximum atomic E-state index is 12.4. The van der Waals surface area contributed by atoms with Crippen molar-refractivity contribution in [2.45, 2.75) is 26.2 Å². The molecule has 3 rings (SSSR count). The molecule has 158 valence electrons. The highest BCUT2D eigenvalue weighted by Gasteiger charge is 2.31. The van der Waals surface area contributed by atoms with Crippen molar-refractivity contribution in [3.8, 4) is 0 Å². The molecule has 1 aromatic heterocycles. The zero-order chi connectivity index (χ0) is 20.9. The van der Waals surface area contributed by atoms with Gasteiger partial charge in [-0.25, -0.2) is 12.7 Å². The van der Waals surface area contributed by atoms with E-state index in [0.29, 0.717) is 24.7 Å². The summed E-state index contributed by atoms with van der Waals surface area (Å²) in [6.07, 6.45) is 3.94. The molecule has 1 aliphatic rings. The Morgan fingerprint density at radius 3 is 2.93 bits per heavy atom. The van der Waals surface area contributed by atoms with E-state index in [1.165, 1.54) is 4.31 Å². The van der Waals surface area contributed by atoms with Gasteiger partial charge in [-0.1, -0.05) is 11.6 Å². The van der Waals surface area contributed by atoms with Crippen LogP contribution in [0.1, 0.15) is 26.2 Å². The SMILES string of the molecule is CCS(=O)(=O)N1CCC[C@@H](C(=O)NCCCNc2ccnc3cc(Cl)ccc23)C1.